The van der Waals surface area contributed by atoms with Gasteiger partial charge in [0.2, 0.25) is 5.95 Å². The van der Waals surface area contributed by atoms with Gasteiger partial charge in [-0.25, -0.2) is 14.8 Å². The summed E-state index contributed by atoms with van der Waals surface area (Å²) >= 11 is 6.42. The van der Waals surface area contributed by atoms with E-state index in [0.717, 1.165) is 52.7 Å². The molecule has 1 aromatic heterocycles. The molecule has 0 saturated carbocycles. The van der Waals surface area contributed by atoms with Crippen LogP contribution in [-0.2, 0) is 11.2 Å². The molecule has 10 heteroatoms. The molecule has 3 aromatic carbocycles. The van der Waals surface area contributed by atoms with Crippen LogP contribution in [0, 0.1) is 5.82 Å². The van der Waals surface area contributed by atoms with E-state index in [1.54, 1.807) is 24.4 Å². The maximum atomic E-state index is 14.3. The standard InChI is InChI=1S/C30H30ClFN6O2/c1-2-4-20-14-25(35-26-15-23(13-24(31)17-26)21-5-3-6-27(39)16-21)8-7-22(20)18-34-37-30-33-19-28(32)29(36-30)38-9-11-40-12-10-38/h3,5-8,13-19,35,39H,2,4,9-12H2,1H3,(H,33,36,37)/b34-18+. The molecule has 1 aliphatic rings. The normalized spacial score (nSPS) is 13.5. The summed E-state index contributed by atoms with van der Waals surface area (Å²) in [5.74, 6) is 0.189. The van der Waals surface area contributed by atoms with Gasteiger partial charge in [-0.3, -0.25) is 0 Å². The maximum Gasteiger partial charge on any atom is 0.245 e. The molecule has 8 nitrogen and oxygen atoms in total. The molecule has 206 valence electrons. The lowest BCUT2D eigenvalue weighted by Gasteiger charge is -2.27. The molecular weight excluding hydrogens is 531 g/mol. The van der Waals surface area contributed by atoms with Crippen LogP contribution in [0.1, 0.15) is 24.5 Å². The van der Waals surface area contributed by atoms with Gasteiger partial charge in [0, 0.05) is 29.5 Å². The highest BCUT2D eigenvalue weighted by Crippen LogP contribution is 2.31. The van der Waals surface area contributed by atoms with Gasteiger partial charge < -0.3 is 20.1 Å². The number of aryl methyl sites for hydroxylation is 1. The van der Waals surface area contributed by atoms with Crippen LogP contribution in [0.5, 0.6) is 5.75 Å². The molecule has 0 aliphatic carbocycles. The summed E-state index contributed by atoms with van der Waals surface area (Å²) in [5.41, 5.74) is 8.41. The van der Waals surface area contributed by atoms with Crippen molar-refractivity contribution in [3.8, 4) is 16.9 Å². The highest BCUT2D eigenvalue weighted by atomic mass is 35.5. The summed E-state index contributed by atoms with van der Waals surface area (Å²) in [6.07, 6.45) is 4.69. The molecule has 0 spiro atoms. The number of aromatic hydroxyl groups is 1. The smallest absolute Gasteiger partial charge is 0.245 e. The molecule has 2 heterocycles. The number of benzene rings is 3. The molecule has 1 aliphatic heterocycles. The fourth-order valence-electron chi connectivity index (χ4n) is 4.54. The average Bonchev–Trinajstić information content (AvgIpc) is 2.95. The molecule has 40 heavy (non-hydrogen) atoms. The number of phenolic OH excluding ortho intramolecular Hbond substituents is 1. The predicted molar refractivity (Wildman–Crippen MR) is 159 cm³/mol. The number of rotatable bonds is 9. The minimum atomic E-state index is -0.474. The van der Waals surface area contributed by atoms with Crippen molar-refractivity contribution in [1.82, 2.24) is 9.97 Å². The van der Waals surface area contributed by atoms with Gasteiger partial charge in [0.15, 0.2) is 11.6 Å². The zero-order chi connectivity index (χ0) is 27.9. The van der Waals surface area contributed by atoms with Crippen molar-refractivity contribution in [3.05, 3.63) is 88.8 Å². The third-order valence-electron chi connectivity index (χ3n) is 6.43. The van der Waals surface area contributed by atoms with Gasteiger partial charge in [-0.05, 0) is 71.1 Å². The first-order chi connectivity index (χ1) is 19.5. The molecule has 1 saturated heterocycles. The quantitative estimate of drug-likeness (QED) is 0.156. The number of hydrazone groups is 1. The largest absolute Gasteiger partial charge is 0.508 e. The second kappa shape index (κ2) is 12.8. The van der Waals surface area contributed by atoms with Crippen LogP contribution in [0.3, 0.4) is 0 Å². The van der Waals surface area contributed by atoms with Crippen LogP contribution in [0.4, 0.5) is 27.5 Å². The van der Waals surface area contributed by atoms with Gasteiger partial charge in [0.1, 0.15) is 5.75 Å². The molecule has 0 radical (unpaired) electrons. The van der Waals surface area contributed by atoms with Crippen LogP contribution in [-0.4, -0.2) is 47.6 Å². The summed E-state index contributed by atoms with van der Waals surface area (Å²) in [7, 11) is 0. The summed E-state index contributed by atoms with van der Waals surface area (Å²) in [6.45, 7) is 4.34. The number of halogens is 2. The van der Waals surface area contributed by atoms with Crippen molar-refractivity contribution in [1.29, 1.82) is 0 Å². The number of nitrogens with zero attached hydrogens (tertiary/aromatic N) is 4. The lowest BCUT2D eigenvalue weighted by atomic mass is 10.0. The van der Waals surface area contributed by atoms with Gasteiger partial charge in [-0.15, -0.1) is 0 Å². The summed E-state index contributed by atoms with van der Waals surface area (Å²) in [4.78, 5) is 10.2. The number of hydrogen-bond donors (Lipinski definition) is 3. The average molecular weight is 561 g/mol. The van der Waals surface area contributed by atoms with Gasteiger partial charge in [-0.1, -0.05) is 43.1 Å². The Morgan fingerprint density at radius 3 is 2.73 bits per heavy atom. The van der Waals surface area contributed by atoms with Crippen molar-refractivity contribution < 1.29 is 14.2 Å². The number of nitrogens with one attached hydrogen (secondary N) is 2. The minimum Gasteiger partial charge on any atom is -0.508 e. The van der Waals surface area contributed by atoms with Crippen LogP contribution in [0.25, 0.3) is 11.1 Å². The monoisotopic (exact) mass is 560 g/mol. The fourth-order valence-corrected chi connectivity index (χ4v) is 4.78. The predicted octanol–water partition coefficient (Wildman–Crippen LogP) is 6.62. The molecule has 3 N–H and O–H groups in total. The first-order valence-corrected chi connectivity index (χ1v) is 13.5. The van der Waals surface area contributed by atoms with Crippen molar-refractivity contribution in [2.75, 3.05) is 41.9 Å². The Kier molecular flexibility index (Phi) is 8.73. The maximum absolute atomic E-state index is 14.3. The van der Waals surface area contributed by atoms with Gasteiger partial charge >= 0.3 is 0 Å². The third kappa shape index (κ3) is 6.86. The summed E-state index contributed by atoms with van der Waals surface area (Å²) in [6, 6.07) is 18.8. The minimum absolute atomic E-state index is 0.200. The summed E-state index contributed by atoms with van der Waals surface area (Å²) in [5, 5.41) is 18.2. The molecule has 0 unspecified atom stereocenters. The SMILES string of the molecule is CCCc1cc(Nc2cc(Cl)cc(-c3cccc(O)c3)c2)ccc1/C=N/Nc1ncc(F)c(N2CCOCC2)n1. The Labute approximate surface area is 237 Å². The molecule has 1 fully saturated rings. The Balaban J connectivity index is 1.31. The first kappa shape index (κ1) is 27.4. The Morgan fingerprint density at radius 2 is 1.93 bits per heavy atom. The zero-order valence-corrected chi connectivity index (χ0v) is 22.8. The van der Waals surface area contributed by atoms with E-state index in [-0.39, 0.29) is 17.5 Å². The van der Waals surface area contributed by atoms with Crippen molar-refractivity contribution in [3.63, 3.8) is 0 Å². The number of anilines is 4. The molecule has 0 amide bonds. The molecule has 4 aromatic rings. The van der Waals surface area contributed by atoms with E-state index < -0.39 is 5.82 Å². The van der Waals surface area contributed by atoms with E-state index in [0.29, 0.717) is 31.3 Å². The number of hydrogen-bond acceptors (Lipinski definition) is 8. The van der Waals surface area contributed by atoms with Gasteiger partial charge in [0.25, 0.3) is 0 Å². The topological polar surface area (TPSA) is 94.9 Å². The summed E-state index contributed by atoms with van der Waals surface area (Å²) < 4.78 is 19.7. The molecule has 0 bridgehead atoms. The number of phenols is 1. The highest BCUT2D eigenvalue weighted by Gasteiger charge is 2.17. The van der Waals surface area contributed by atoms with Crippen molar-refractivity contribution >= 4 is 41.0 Å². The van der Waals surface area contributed by atoms with E-state index in [2.05, 4.69) is 38.8 Å². The zero-order valence-electron chi connectivity index (χ0n) is 22.1. The Morgan fingerprint density at radius 1 is 1.07 bits per heavy atom. The molecule has 0 atom stereocenters. The van der Waals surface area contributed by atoms with Crippen molar-refractivity contribution in [2.45, 2.75) is 19.8 Å². The van der Waals surface area contributed by atoms with Gasteiger partial charge in [-0.2, -0.15) is 10.1 Å². The van der Waals surface area contributed by atoms with Gasteiger partial charge in [0.05, 0.1) is 25.6 Å². The number of ether oxygens (including phenoxy) is 1. The van der Waals surface area contributed by atoms with Crippen molar-refractivity contribution in [2.24, 2.45) is 5.10 Å². The van der Waals surface area contributed by atoms with E-state index in [1.165, 1.54) is 0 Å². The van der Waals surface area contributed by atoms with Crippen LogP contribution in [0.15, 0.2) is 72.0 Å². The second-order valence-corrected chi connectivity index (χ2v) is 9.84. The lowest BCUT2D eigenvalue weighted by Crippen LogP contribution is -2.37. The van der Waals surface area contributed by atoms with E-state index in [1.807, 2.05) is 41.3 Å². The third-order valence-corrected chi connectivity index (χ3v) is 6.65. The van der Waals surface area contributed by atoms with Crippen LogP contribution in [0.2, 0.25) is 5.02 Å². The number of morpholine rings is 1. The Hall–Kier alpha value is -4.21. The second-order valence-electron chi connectivity index (χ2n) is 9.40. The highest BCUT2D eigenvalue weighted by molar-refractivity contribution is 6.31. The van der Waals surface area contributed by atoms with E-state index in [9.17, 15) is 9.50 Å². The number of aromatic nitrogens is 2. The van der Waals surface area contributed by atoms with Crippen LogP contribution >= 0.6 is 11.6 Å². The fraction of sp³-hybridized carbons (Fsp3) is 0.233. The molecular formula is C30H30ClFN6O2. The van der Waals surface area contributed by atoms with E-state index in [4.69, 9.17) is 16.3 Å². The lowest BCUT2D eigenvalue weighted by molar-refractivity contribution is 0.122. The molecule has 5 rings (SSSR count). The van der Waals surface area contributed by atoms with Crippen LogP contribution < -0.4 is 15.6 Å². The van der Waals surface area contributed by atoms with E-state index >= 15 is 0 Å². The first-order valence-electron chi connectivity index (χ1n) is 13.1. The Bertz CT molecular complexity index is 1510.